The van der Waals surface area contributed by atoms with Crippen molar-refractivity contribution in [3.05, 3.63) is 0 Å². The van der Waals surface area contributed by atoms with Crippen LogP contribution in [0.15, 0.2) is 0 Å². The molecular weight excluding hydrogens is 164 g/mol. The number of rotatable bonds is 1. The Hall–Kier alpha value is -0.0800. The molecule has 1 saturated carbocycles. The first-order valence-corrected chi connectivity index (χ1v) is 5.54. The fourth-order valence-corrected chi connectivity index (χ4v) is 2.26. The van der Waals surface area contributed by atoms with E-state index in [2.05, 4.69) is 13.8 Å². The second-order valence-electron chi connectivity index (χ2n) is 4.68. The smallest absolute Gasteiger partial charge is 0.168 e. The summed E-state index contributed by atoms with van der Waals surface area (Å²) in [6.07, 6.45) is 6.43. The minimum absolute atomic E-state index is 0.173. The molecule has 13 heavy (non-hydrogen) atoms. The van der Waals surface area contributed by atoms with Gasteiger partial charge in [0.15, 0.2) is 5.79 Å². The van der Waals surface area contributed by atoms with Gasteiger partial charge in [0.2, 0.25) is 0 Å². The molecule has 1 aliphatic carbocycles. The Morgan fingerprint density at radius 3 is 2.38 bits per heavy atom. The van der Waals surface area contributed by atoms with Crippen molar-refractivity contribution >= 4 is 0 Å². The van der Waals surface area contributed by atoms with Crippen molar-refractivity contribution in [3.63, 3.8) is 0 Å². The highest BCUT2D eigenvalue weighted by molar-refractivity contribution is 4.83. The highest BCUT2D eigenvalue weighted by Gasteiger charge is 2.42. The van der Waals surface area contributed by atoms with Crippen molar-refractivity contribution in [1.82, 2.24) is 0 Å². The summed E-state index contributed by atoms with van der Waals surface area (Å²) in [4.78, 5) is 0. The van der Waals surface area contributed by atoms with E-state index in [4.69, 9.17) is 9.47 Å². The van der Waals surface area contributed by atoms with Crippen LogP contribution < -0.4 is 0 Å². The Kier molecular flexibility index (Phi) is 2.61. The van der Waals surface area contributed by atoms with Crippen LogP contribution in [0.5, 0.6) is 0 Å². The number of hydrogen-bond acceptors (Lipinski definition) is 2. The Morgan fingerprint density at radius 1 is 1.15 bits per heavy atom. The van der Waals surface area contributed by atoms with Crippen LogP contribution in [0.4, 0.5) is 0 Å². The van der Waals surface area contributed by atoms with Gasteiger partial charge >= 0.3 is 0 Å². The van der Waals surface area contributed by atoms with E-state index in [0.29, 0.717) is 12.0 Å². The maximum atomic E-state index is 6.03. The van der Waals surface area contributed by atoms with Crippen LogP contribution in [-0.4, -0.2) is 18.5 Å². The van der Waals surface area contributed by atoms with Crippen LogP contribution in [0, 0.1) is 5.92 Å². The maximum absolute atomic E-state index is 6.03. The molecule has 0 aromatic rings. The predicted molar refractivity (Wildman–Crippen MR) is 51.5 cm³/mol. The average molecular weight is 184 g/mol. The molecule has 2 fully saturated rings. The molecule has 0 aromatic heterocycles. The lowest BCUT2D eigenvalue weighted by Gasteiger charge is -2.32. The van der Waals surface area contributed by atoms with Gasteiger partial charge in [-0.05, 0) is 18.8 Å². The van der Waals surface area contributed by atoms with Gasteiger partial charge in [-0.25, -0.2) is 0 Å². The summed E-state index contributed by atoms with van der Waals surface area (Å²) in [5.41, 5.74) is 0. The fraction of sp³-hybridized carbons (Fsp3) is 1.00. The Labute approximate surface area is 80.6 Å². The third kappa shape index (κ3) is 1.89. The first-order valence-electron chi connectivity index (χ1n) is 5.54. The molecule has 0 N–H and O–H groups in total. The van der Waals surface area contributed by atoms with E-state index in [1.165, 1.54) is 19.3 Å². The molecule has 2 aliphatic rings. The molecule has 1 saturated heterocycles. The third-order valence-corrected chi connectivity index (χ3v) is 3.24. The summed E-state index contributed by atoms with van der Waals surface area (Å²) in [7, 11) is 0. The molecule has 1 spiro atoms. The Morgan fingerprint density at radius 2 is 1.85 bits per heavy atom. The van der Waals surface area contributed by atoms with Crippen molar-refractivity contribution in [1.29, 1.82) is 0 Å². The second-order valence-corrected chi connectivity index (χ2v) is 4.68. The SMILES string of the molecule is CC(C)C1COC2(CCCCC2)O1. The third-order valence-electron chi connectivity index (χ3n) is 3.24. The number of ether oxygens (including phenoxy) is 2. The Bertz CT molecular complexity index is 171. The van der Waals surface area contributed by atoms with Gasteiger partial charge in [-0.1, -0.05) is 20.3 Å². The van der Waals surface area contributed by atoms with Gasteiger partial charge < -0.3 is 9.47 Å². The number of hydrogen-bond donors (Lipinski definition) is 0. The maximum Gasteiger partial charge on any atom is 0.168 e. The lowest BCUT2D eigenvalue weighted by Crippen LogP contribution is -2.34. The normalized spacial score (nSPS) is 33.0. The van der Waals surface area contributed by atoms with E-state index < -0.39 is 0 Å². The monoisotopic (exact) mass is 184 g/mol. The molecular formula is C11H20O2. The van der Waals surface area contributed by atoms with Crippen LogP contribution in [0.25, 0.3) is 0 Å². The molecule has 0 amide bonds. The molecule has 1 aliphatic heterocycles. The summed E-state index contributed by atoms with van der Waals surface area (Å²) in [6, 6.07) is 0. The molecule has 76 valence electrons. The van der Waals surface area contributed by atoms with E-state index in [-0.39, 0.29) is 5.79 Å². The standard InChI is InChI=1S/C11H20O2/c1-9(2)10-8-12-11(13-10)6-4-3-5-7-11/h9-10H,3-8H2,1-2H3. The zero-order chi connectivity index (χ0) is 9.31. The summed E-state index contributed by atoms with van der Waals surface area (Å²) in [6.45, 7) is 5.21. The van der Waals surface area contributed by atoms with Gasteiger partial charge in [0.25, 0.3) is 0 Å². The predicted octanol–water partition coefficient (Wildman–Crippen LogP) is 2.72. The van der Waals surface area contributed by atoms with Crippen LogP contribution in [0.3, 0.4) is 0 Å². The zero-order valence-electron chi connectivity index (χ0n) is 8.71. The van der Waals surface area contributed by atoms with Crippen molar-refractivity contribution in [2.24, 2.45) is 5.92 Å². The zero-order valence-corrected chi connectivity index (χ0v) is 8.71. The lowest BCUT2D eigenvalue weighted by molar-refractivity contribution is -0.190. The van der Waals surface area contributed by atoms with E-state index in [1.807, 2.05) is 0 Å². The summed E-state index contributed by atoms with van der Waals surface area (Å²) in [5, 5.41) is 0. The molecule has 1 unspecified atom stereocenters. The van der Waals surface area contributed by atoms with Gasteiger partial charge in [0, 0.05) is 12.8 Å². The van der Waals surface area contributed by atoms with Gasteiger partial charge in [0.1, 0.15) is 0 Å². The van der Waals surface area contributed by atoms with E-state index >= 15 is 0 Å². The van der Waals surface area contributed by atoms with Gasteiger partial charge in [-0.3, -0.25) is 0 Å². The topological polar surface area (TPSA) is 18.5 Å². The van der Waals surface area contributed by atoms with Crippen molar-refractivity contribution in [3.8, 4) is 0 Å². The van der Waals surface area contributed by atoms with Gasteiger partial charge in [0.05, 0.1) is 12.7 Å². The van der Waals surface area contributed by atoms with Crippen molar-refractivity contribution in [2.75, 3.05) is 6.61 Å². The minimum atomic E-state index is -0.173. The van der Waals surface area contributed by atoms with Gasteiger partial charge in [-0.2, -0.15) is 0 Å². The highest BCUT2D eigenvalue weighted by atomic mass is 16.7. The minimum Gasteiger partial charge on any atom is -0.347 e. The largest absolute Gasteiger partial charge is 0.347 e. The highest BCUT2D eigenvalue weighted by Crippen LogP contribution is 2.39. The van der Waals surface area contributed by atoms with E-state index in [0.717, 1.165) is 19.4 Å². The molecule has 1 heterocycles. The molecule has 0 radical (unpaired) electrons. The van der Waals surface area contributed by atoms with E-state index in [9.17, 15) is 0 Å². The molecule has 0 aromatic carbocycles. The van der Waals surface area contributed by atoms with Crippen LogP contribution in [0.2, 0.25) is 0 Å². The summed E-state index contributed by atoms with van der Waals surface area (Å²) in [5.74, 6) is 0.411. The fourth-order valence-electron chi connectivity index (χ4n) is 2.26. The molecule has 1 atom stereocenters. The quantitative estimate of drug-likeness (QED) is 0.624. The van der Waals surface area contributed by atoms with Crippen LogP contribution in [-0.2, 0) is 9.47 Å². The molecule has 0 bridgehead atoms. The molecule has 2 heteroatoms. The first kappa shape index (κ1) is 9.47. The molecule has 2 rings (SSSR count). The summed E-state index contributed by atoms with van der Waals surface area (Å²) < 4.78 is 11.9. The Balaban J connectivity index is 1.94. The van der Waals surface area contributed by atoms with Gasteiger partial charge in [-0.15, -0.1) is 0 Å². The summed E-state index contributed by atoms with van der Waals surface area (Å²) >= 11 is 0. The second kappa shape index (κ2) is 3.58. The average Bonchev–Trinajstić information content (AvgIpc) is 2.51. The lowest BCUT2D eigenvalue weighted by atomic mass is 9.94. The first-order chi connectivity index (χ1) is 6.22. The van der Waals surface area contributed by atoms with Crippen molar-refractivity contribution in [2.45, 2.75) is 57.8 Å². The van der Waals surface area contributed by atoms with Crippen molar-refractivity contribution < 1.29 is 9.47 Å². The van der Waals surface area contributed by atoms with Crippen LogP contribution >= 0.6 is 0 Å². The van der Waals surface area contributed by atoms with E-state index in [1.54, 1.807) is 0 Å². The van der Waals surface area contributed by atoms with Crippen LogP contribution in [0.1, 0.15) is 46.0 Å². The molecule has 2 nitrogen and oxygen atoms in total.